The molecule has 0 radical (unpaired) electrons. The predicted molar refractivity (Wildman–Crippen MR) is 149 cm³/mol. The molecule has 0 aromatic heterocycles. The SMILES string of the molecule is C=CC[C@@H](CC(=O)N[C@@H](CO)Cc1ccccc1)C(=O)N[C@H](C)COC(=O)[C@@H](CC=C)Cc1ccc(F)cc1. The van der Waals surface area contributed by atoms with Crippen LogP contribution in [-0.4, -0.2) is 48.2 Å². The maximum Gasteiger partial charge on any atom is 0.309 e. The summed E-state index contributed by atoms with van der Waals surface area (Å²) in [7, 11) is 0. The van der Waals surface area contributed by atoms with E-state index in [-0.39, 0.29) is 43.7 Å². The van der Waals surface area contributed by atoms with E-state index in [1.165, 1.54) is 12.1 Å². The van der Waals surface area contributed by atoms with Crippen LogP contribution in [0.15, 0.2) is 79.9 Å². The van der Waals surface area contributed by atoms with Crippen LogP contribution in [0.25, 0.3) is 0 Å². The highest BCUT2D eigenvalue weighted by Crippen LogP contribution is 2.16. The van der Waals surface area contributed by atoms with Gasteiger partial charge in [-0.1, -0.05) is 54.6 Å². The molecule has 7 nitrogen and oxygen atoms in total. The minimum atomic E-state index is -0.663. The third kappa shape index (κ3) is 11.7. The average Bonchev–Trinajstić information content (AvgIpc) is 2.92. The number of amides is 2. The highest BCUT2D eigenvalue weighted by molar-refractivity contribution is 5.86. The summed E-state index contributed by atoms with van der Waals surface area (Å²) in [4.78, 5) is 38.3. The number of aliphatic hydroxyl groups excluding tert-OH is 1. The summed E-state index contributed by atoms with van der Waals surface area (Å²) in [6.45, 7) is 8.82. The molecule has 4 atom stereocenters. The Morgan fingerprint density at radius 1 is 0.923 bits per heavy atom. The van der Waals surface area contributed by atoms with Gasteiger partial charge in [0.25, 0.3) is 0 Å². The van der Waals surface area contributed by atoms with E-state index < -0.39 is 29.9 Å². The Balaban J connectivity index is 1.86. The Kier molecular flexibility index (Phi) is 13.7. The maximum atomic E-state index is 13.2. The van der Waals surface area contributed by atoms with Gasteiger partial charge in [-0.05, 0) is 55.9 Å². The Bertz CT molecular complexity index is 1070. The fourth-order valence-corrected chi connectivity index (χ4v) is 4.15. The molecule has 39 heavy (non-hydrogen) atoms. The van der Waals surface area contributed by atoms with Crippen molar-refractivity contribution in [1.82, 2.24) is 10.6 Å². The lowest BCUT2D eigenvalue weighted by atomic mass is 9.96. The molecular formula is C31H39FN2O5. The fourth-order valence-electron chi connectivity index (χ4n) is 4.15. The largest absolute Gasteiger partial charge is 0.463 e. The van der Waals surface area contributed by atoms with Gasteiger partial charge in [0.05, 0.1) is 30.5 Å². The normalized spacial score (nSPS) is 13.8. The van der Waals surface area contributed by atoms with E-state index in [1.807, 2.05) is 30.3 Å². The number of hydrogen-bond donors (Lipinski definition) is 3. The quantitative estimate of drug-likeness (QED) is 0.209. The van der Waals surface area contributed by atoms with Crippen molar-refractivity contribution in [3.8, 4) is 0 Å². The molecule has 0 saturated heterocycles. The first-order valence-electron chi connectivity index (χ1n) is 13.1. The molecule has 0 heterocycles. The molecule has 0 bridgehead atoms. The van der Waals surface area contributed by atoms with E-state index in [1.54, 1.807) is 31.2 Å². The molecule has 0 fully saturated rings. The van der Waals surface area contributed by atoms with Gasteiger partial charge in [-0.25, -0.2) is 4.39 Å². The molecular weight excluding hydrogens is 499 g/mol. The van der Waals surface area contributed by atoms with Crippen LogP contribution in [0.4, 0.5) is 4.39 Å². The molecule has 2 amide bonds. The number of benzene rings is 2. The van der Waals surface area contributed by atoms with E-state index >= 15 is 0 Å². The molecule has 8 heteroatoms. The van der Waals surface area contributed by atoms with Crippen molar-refractivity contribution in [3.05, 3.63) is 96.9 Å². The summed E-state index contributed by atoms with van der Waals surface area (Å²) in [6.07, 6.45) is 4.66. The van der Waals surface area contributed by atoms with Gasteiger partial charge in [-0.15, -0.1) is 13.2 Å². The highest BCUT2D eigenvalue weighted by atomic mass is 19.1. The van der Waals surface area contributed by atoms with Gasteiger partial charge in [0.2, 0.25) is 11.8 Å². The second kappa shape index (κ2) is 16.9. The summed E-state index contributed by atoms with van der Waals surface area (Å²) >= 11 is 0. The maximum absolute atomic E-state index is 13.2. The van der Waals surface area contributed by atoms with Crippen LogP contribution in [0.5, 0.6) is 0 Å². The van der Waals surface area contributed by atoms with Crippen molar-refractivity contribution in [2.24, 2.45) is 11.8 Å². The topological polar surface area (TPSA) is 105 Å². The lowest BCUT2D eigenvalue weighted by Crippen LogP contribution is -2.44. The van der Waals surface area contributed by atoms with Crippen LogP contribution in [-0.2, 0) is 32.0 Å². The minimum absolute atomic E-state index is 0.0434. The molecule has 3 N–H and O–H groups in total. The Labute approximate surface area is 230 Å². The molecule has 2 aromatic rings. The number of esters is 1. The van der Waals surface area contributed by atoms with E-state index in [0.29, 0.717) is 19.3 Å². The zero-order valence-electron chi connectivity index (χ0n) is 22.5. The number of carbonyl (C=O) groups excluding carboxylic acids is 3. The molecule has 0 saturated carbocycles. The summed E-state index contributed by atoms with van der Waals surface area (Å²) in [5, 5.41) is 15.3. The van der Waals surface area contributed by atoms with E-state index in [2.05, 4.69) is 23.8 Å². The van der Waals surface area contributed by atoms with Crippen LogP contribution < -0.4 is 10.6 Å². The summed E-state index contributed by atoms with van der Waals surface area (Å²) < 4.78 is 18.6. The summed E-state index contributed by atoms with van der Waals surface area (Å²) in [5.41, 5.74) is 1.79. The third-order valence-electron chi connectivity index (χ3n) is 6.21. The second-order valence-electron chi connectivity index (χ2n) is 9.65. The molecule has 0 aliphatic heterocycles. The molecule has 2 aromatic carbocycles. The van der Waals surface area contributed by atoms with Crippen LogP contribution in [0.1, 0.15) is 37.3 Å². The number of halogens is 1. The van der Waals surface area contributed by atoms with Gasteiger partial charge in [-0.3, -0.25) is 14.4 Å². The van der Waals surface area contributed by atoms with Crippen LogP contribution >= 0.6 is 0 Å². The minimum Gasteiger partial charge on any atom is -0.463 e. The number of hydrogen-bond acceptors (Lipinski definition) is 5. The third-order valence-corrected chi connectivity index (χ3v) is 6.21. The standard InChI is InChI=1S/C31H39FN2O5/c1-4-9-25(19-29(36)34-28(20-35)18-23-11-7-6-8-12-23)30(37)33-22(3)21-39-31(38)26(10-5-2)17-24-13-15-27(32)16-14-24/h4-8,11-16,22,25-26,28,35H,1-2,9-10,17-21H2,3H3,(H,33,37)(H,34,36)/t22-,25+,26+,28-/m1/s1. The van der Waals surface area contributed by atoms with Gasteiger partial charge >= 0.3 is 5.97 Å². The van der Waals surface area contributed by atoms with Crippen molar-refractivity contribution < 1.29 is 28.6 Å². The smallest absolute Gasteiger partial charge is 0.309 e. The zero-order valence-corrected chi connectivity index (χ0v) is 22.5. The van der Waals surface area contributed by atoms with Crippen LogP contribution in [0.2, 0.25) is 0 Å². The first kappa shape index (κ1) is 31.4. The number of nitrogens with one attached hydrogen (secondary N) is 2. The van der Waals surface area contributed by atoms with Crippen molar-refractivity contribution in [2.75, 3.05) is 13.2 Å². The first-order chi connectivity index (χ1) is 18.7. The first-order valence-corrected chi connectivity index (χ1v) is 13.1. The van der Waals surface area contributed by atoms with Crippen LogP contribution in [0, 0.1) is 17.7 Å². The van der Waals surface area contributed by atoms with Gasteiger partial charge in [0.15, 0.2) is 0 Å². The molecule has 0 aliphatic carbocycles. The molecule has 0 spiro atoms. The zero-order chi connectivity index (χ0) is 28.6. The predicted octanol–water partition coefficient (Wildman–Crippen LogP) is 3.91. The second-order valence-corrected chi connectivity index (χ2v) is 9.65. The Morgan fingerprint density at radius 3 is 2.15 bits per heavy atom. The Morgan fingerprint density at radius 2 is 1.54 bits per heavy atom. The van der Waals surface area contributed by atoms with E-state index in [4.69, 9.17) is 4.74 Å². The van der Waals surface area contributed by atoms with Crippen molar-refractivity contribution in [2.45, 2.75) is 51.1 Å². The van der Waals surface area contributed by atoms with Crippen molar-refractivity contribution >= 4 is 17.8 Å². The van der Waals surface area contributed by atoms with Gasteiger partial charge in [-0.2, -0.15) is 0 Å². The molecule has 0 unspecified atom stereocenters. The molecule has 0 aliphatic rings. The van der Waals surface area contributed by atoms with Gasteiger partial charge in [0.1, 0.15) is 12.4 Å². The highest BCUT2D eigenvalue weighted by Gasteiger charge is 2.25. The lowest BCUT2D eigenvalue weighted by Gasteiger charge is -2.22. The number of allylic oxidation sites excluding steroid dienone is 2. The van der Waals surface area contributed by atoms with Gasteiger partial charge < -0.3 is 20.5 Å². The molecule has 210 valence electrons. The van der Waals surface area contributed by atoms with E-state index in [0.717, 1.165) is 11.1 Å². The fraction of sp³-hybridized carbons (Fsp3) is 0.387. The monoisotopic (exact) mass is 538 g/mol. The van der Waals surface area contributed by atoms with Crippen LogP contribution in [0.3, 0.4) is 0 Å². The number of aliphatic hydroxyl groups is 1. The number of ether oxygens (including phenoxy) is 1. The summed E-state index contributed by atoms with van der Waals surface area (Å²) in [5.74, 6) is -2.63. The van der Waals surface area contributed by atoms with E-state index in [9.17, 15) is 23.9 Å². The Hall–Kier alpha value is -3.78. The average molecular weight is 539 g/mol. The van der Waals surface area contributed by atoms with Crippen molar-refractivity contribution in [3.63, 3.8) is 0 Å². The number of carbonyl (C=O) groups is 3. The summed E-state index contributed by atoms with van der Waals surface area (Å²) in [6, 6.07) is 14.5. The number of rotatable bonds is 17. The molecule has 2 rings (SSSR count). The lowest BCUT2D eigenvalue weighted by molar-refractivity contribution is -0.149. The van der Waals surface area contributed by atoms with Gasteiger partial charge in [0, 0.05) is 6.42 Å². The van der Waals surface area contributed by atoms with Crippen molar-refractivity contribution in [1.29, 1.82) is 0 Å².